The van der Waals surface area contributed by atoms with Crippen LogP contribution < -0.4 is 14.2 Å². The summed E-state index contributed by atoms with van der Waals surface area (Å²) in [7, 11) is 1.41. The number of carbonyl (C=O) groups excluding carboxylic acids is 2. The van der Waals surface area contributed by atoms with E-state index in [4.69, 9.17) is 18.9 Å². The van der Waals surface area contributed by atoms with Crippen molar-refractivity contribution in [2.24, 2.45) is 0 Å². The molecular weight excluding hydrogens is 384 g/mol. The van der Waals surface area contributed by atoms with Crippen LogP contribution in [0.1, 0.15) is 15.9 Å². The highest BCUT2D eigenvalue weighted by molar-refractivity contribution is 6.44. The molecule has 0 fully saturated rings. The third kappa shape index (κ3) is 4.34. The van der Waals surface area contributed by atoms with E-state index >= 15 is 0 Å². The molecule has 1 aliphatic rings. The molecule has 9 heteroatoms. The van der Waals surface area contributed by atoms with Crippen LogP contribution in [0.3, 0.4) is 0 Å². The van der Waals surface area contributed by atoms with Crippen LogP contribution in [0.15, 0.2) is 24.3 Å². The normalized spacial score (nSPS) is 11.5. The summed E-state index contributed by atoms with van der Waals surface area (Å²) in [5.41, 5.74) is 0.317. The fraction of sp³-hybridized carbons (Fsp3) is 0.200. The molecule has 2 aromatic carbocycles. The molecule has 3 N–H and O–H groups in total. The highest BCUT2D eigenvalue weighted by Gasteiger charge is 2.25. The van der Waals surface area contributed by atoms with Crippen molar-refractivity contribution in [3.63, 3.8) is 0 Å². The van der Waals surface area contributed by atoms with Gasteiger partial charge in [-0.2, -0.15) is 0 Å². The summed E-state index contributed by atoms with van der Waals surface area (Å²) in [4.78, 5) is 24.4. The van der Waals surface area contributed by atoms with Crippen LogP contribution in [0.4, 0.5) is 0 Å². The fourth-order valence-electron chi connectivity index (χ4n) is 2.50. The van der Waals surface area contributed by atoms with Crippen molar-refractivity contribution < 1.29 is 43.9 Å². The molecule has 0 aliphatic carbocycles. The number of ether oxygens (including phenoxy) is 4. The summed E-state index contributed by atoms with van der Waals surface area (Å²) < 4.78 is 20.7. The van der Waals surface area contributed by atoms with Gasteiger partial charge in [-0.05, 0) is 24.3 Å². The lowest BCUT2D eigenvalue weighted by Crippen LogP contribution is -2.20. The van der Waals surface area contributed by atoms with E-state index in [0.717, 1.165) is 12.1 Å². The number of ketones is 2. The van der Waals surface area contributed by atoms with Crippen LogP contribution in [-0.4, -0.2) is 54.0 Å². The Morgan fingerprint density at radius 3 is 2.52 bits per heavy atom. The first-order chi connectivity index (χ1) is 13.9. The monoisotopic (exact) mass is 400 g/mol. The summed E-state index contributed by atoms with van der Waals surface area (Å²) in [5.74, 6) is 2.87. The van der Waals surface area contributed by atoms with E-state index in [-0.39, 0.29) is 30.3 Å². The van der Waals surface area contributed by atoms with Gasteiger partial charge in [0.1, 0.15) is 13.2 Å². The molecular formula is C20H16O9. The largest absolute Gasteiger partial charge is 0.504 e. The molecule has 2 aromatic rings. The standard InChI is InChI=1S/C20H16O9/c1-26-16-7-12(8-17-20(16)29-10-28-17)18(24)15(23)9-27-4-2-3-11-5-13(21)19(25)14(22)6-11/h5-8,21-22,25H,4,9-10H2,1H3. The molecule has 0 aromatic heterocycles. The number of Topliss-reactive ketones (excluding diaryl/α,β-unsaturated/α-hetero) is 2. The molecule has 1 heterocycles. The van der Waals surface area contributed by atoms with Crippen LogP contribution in [-0.2, 0) is 9.53 Å². The second-order valence-electron chi connectivity index (χ2n) is 5.82. The quantitative estimate of drug-likeness (QED) is 0.216. The van der Waals surface area contributed by atoms with E-state index in [1.807, 2.05) is 0 Å². The van der Waals surface area contributed by atoms with E-state index < -0.39 is 35.4 Å². The second kappa shape index (κ2) is 8.41. The molecule has 0 radical (unpaired) electrons. The van der Waals surface area contributed by atoms with Crippen molar-refractivity contribution in [2.45, 2.75) is 0 Å². The van der Waals surface area contributed by atoms with Gasteiger partial charge in [-0.15, -0.1) is 0 Å². The average Bonchev–Trinajstić information content (AvgIpc) is 3.18. The second-order valence-corrected chi connectivity index (χ2v) is 5.82. The van der Waals surface area contributed by atoms with Gasteiger partial charge in [-0.1, -0.05) is 11.8 Å². The molecule has 9 nitrogen and oxygen atoms in total. The lowest BCUT2D eigenvalue weighted by Gasteiger charge is -2.07. The minimum Gasteiger partial charge on any atom is -0.504 e. The van der Waals surface area contributed by atoms with E-state index in [2.05, 4.69) is 11.8 Å². The Hall–Kier alpha value is -3.90. The smallest absolute Gasteiger partial charge is 0.231 e. The van der Waals surface area contributed by atoms with Gasteiger partial charge in [0, 0.05) is 11.1 Å². The molecule has 0 saturated heterocycles. The highest BCUT2D eigenvalue weighted by atomic mass is 16.7. The Labute approximate surface area is 165 Å². The number of rotatable bonds is 6. The van der Waals surface area contributed by atoms with Crippen LogP contribution in [0.2, 0.25) is 0 Å². The van der Waals surface area contributed by atoms with Crippen LogP contribution in [0.25, 0.3) is 0 Å². The van der Waals surface area contributed by atoms with Gasteiger partial charge >= 0.3 is 0 Å². The third-order valence-corrected chi connectivity index (χ3v) is 3.88. The summed E-state index contributed by atoms with van der Waals surface area (Å²) in [6, 6.07) is 5.10. The Morgan fingerprint density at radius 2 is 1.83 bits per heavy atom. The number of hydrogen-bond donors (Lipinski definition) is 3. The Kier molecular flexibility index (Phi) is 5.76. The van der Waals surface area contributed by atoms with Crippen LogP contribution >= 0.6 is 0 Å². The minimum atomic E-state index is -0.785. The molecule has 0 saturated carbocycles. The van der Waals surface area contributed by atoms with Gasteiger partial charge < -0.3 is 34.3 Å². The topological polar surface area (TPSA) is 132 Å². The lowest BCUT2D eigenvalue weighted by atomic mass is 10.1. The average molecular weight is 400 g/mol. The van der Waals surface area contributed by atoms with Crippen molar-refractivity contribution in [1.82, 2.24) is 0 Å². The number of hydrogen-bond acceptors (Lipinski definition) is 9. The van der Waals surface area contributed by atoms with Crippen molar-refractivity contribution in [1.29, 1.82) is 0 Å². The number of benzene rings is 2. The SMILES string of the molecule is COc1cc(C(=O)C(=O)COCC#Cc2cc(O)c(O)c(O)c2)cc2c1OCO2. The van der Waals surface area contributed by atoms with Gasteiger partial charge in [-0.25, -0.2) is 0 Å². The maximum atomic E-state index is 12.3. The lowest BCUT2D eigenvalue weighted by molar-refractivity contribution is -0.118. The first kappa shape index (κ1) is 19.9. The first-order valence-electron chi connectivity index (χ1n) is 8.27. The predicted octanol–water partition coefficient (Wildman–Crippen LogP) is 1.36. The molecule has 0 spiro atoms. The van der Waals surface area contributed by atoms with Gasteiger partial charge in [0.2, 0.25) is 24.1 Å². The van der Waals surface area contributed by atoms with Gasteiger partial charge in [0.05, 0.1) is 7.11 Å². The van der Waals surface area contributed by atoms with Crippen molar-refractivity contribution in [2.75, 3.05) is 27.1 Å². The Balaban J connectivity index is 1.57. The first-order valence-corrected chi connectivity index (χ1v) is 8.27. The number of phenols is 3. The Morgan fingerprint density at radius 1 is 1.10 bits per heavy atom. The zero-order chi connectivity index (χ0) is 21.0. The highest BCUT2D eigenvalue weighted by Crippen LogP contribution is 2.42. The molecule has 29 heavy (non-hydrogen) atoms. The zero-order valence-corrected chi connectivity index (χ0v) is 15.2. The molecule has 0 unspecified atom stereocenters. The molecule has 3 rings (SSSR count). The molecule has 1 aliphatic heterocycles. The van der Waals surface area contributed by atoms with Crippen LogP contribution in [0.5, 0.6) is 34.5 Å². The minimum absolute atomic E-state index is 0.00432. The maximum absolute atomic E-state index is 12.3. The number of methoxy groups -OCH3 is 1. The van der Waals surface area contributed by atoms with Crippen LogP contribution in [0, 0.1) is 11.8 Å². The van der Waals surface area contributed by atoms with Gasteiger partial charge in [0.15, 0.2) is 28.7 Å². The molecule has 150 valence electrons. The summed E-state index contributed by atoms with van der Waals surface area (Å²) in [6.07, 6.45) is 0. The van der Waals surface area contributed by atoms with Gasteiger partial charge in [-0.3, -0.25) is 9.59 Å². The maximum Gasteiger partial charge on any atom is 0.231 e. The summed E-state index contributed by atoms with van der Waals surface area (Å²) in [5, 5.41) is 28.1. The number of fused-ring (bicyclic) bond motifs is 1. The van der Waals surface area contributed by atoms with E-state index in [9.17, 15) is 24.9 Å². The van der Waals surface area contributed by atoms with Crippen molar-refractivity contribution in [3.8, 4) is 46.3 Å². The van der Waals surface area contributed by atoms with Gasteiger partial charge in [0.25, 0.3) is 0 Å². The molecule has 0 atom stereocenters. The zero-order valence-electron chi connectivity index (χ0n) is 15.2. The third-order valence-electron chi connectivity index (χ3n) is 3.88. The fourth-order valence-corrected chi connectivity index (χ4v) is 2.50. The summed E-state index contributed by atoms with van der Waals surface area (Å²) >= 11 is 0. The molecule has 0 bridgehead atoms. The van der Waals surface area contributed by atoms with Crippen molar-refractivity contribution in [3.05, 3.63) is 35.4 Å². The van der Waals surface area contributed by atoms with E-state index in [0.29, 0.717) is 11.5 Å². The molecule has 0 amide bonds. The summed E-state index contributed by atoms with van der Waals surface area (Å²) in [6.45, 7) is -0.669. The van der Waals surface area contributed by atoms with E-state index in [1.54, 1.807) is 0 Å². The number of phenolic OH excluding ortho intramolecular Hbond substituents is 3. The number of carbonyl (C=O) groups is 2. The predicted molar refractivity (Wildman–Crippen MR) is 97.6 cm³/mol. The van der Waals surface area contributed by atoms with Crippen molar-refractivity contribution >= 4 is 11.6 Å². The number of aromatic hydroxyl groups is 3. The Bertz CT molecular complexity index is 1010. The van der Waals surface area contributed by atoms with E-state index in [1.165, 1.54) is 19.2 Å².